The van der Waals surface area contributed by atoms with Gasteiger partial charge in [-0.3, -0.25) is 0 Å². The van der Waals surface area contributed by atoms with Crippen molar-refractivity contribution in [3.8, 4) is 0 Å². The van der Waals surface area contributed by atoms with Crippen LogP contribution < -0.4 is 5.32 Å². The van der Waals surface area contributed by atoms with E-state index in [4.69, 9.17) is 16.7 Å². The quantitative estimate of drug-likeness (QED) is 0.807. The molecule has 2 rings (SSSR count). The van der Waals surface area contributed by atoms with E-state index in [1.54, 1.807) is 12.1 Å². The van der Waals surface area contributed by atoms with E-state index in [-0.39, 0.29) is 10.6 Å². The van der Waals surface area contributed by atoms with Crippen LogP contribution in [0.1, 0.15) is 37.0 Å². The summed E-state index contributed by atoms with van der Waals surface area (Å²) in [7, 11) is 0. The molecule has 1 aliphatic rings. The molecule has 1 aromatic carbocycles. The zero-order chi connectivity index (χ0) is 14.7. The van der Waals surface area contributed by atoms with Crippen molar-refractivity contribution in [2.45, 2.75) is 26.7 Å². The first-order valence-electron chi connectivity index (χ1n) is 6.89. The van der Waals surface area contributed by atoms with Crippen molar-refractivity contribution in [2.75, 3.05) is 11.9 Å². The van der Waals surface area contributed by atoms with Crippen LogP contribution in [0.3, 0.4) is 0 Å². The van der Waals surface area contributed by atoms with Crippen molar-refractivity contribution in [3.63, 3.8) is 0 Å². The van der Waals surface area contributed by atoms with Crippen LogP contribution in [0.2, 0.25) is 5.02 Å². The first-order chi connectivity index (χ1) is 9.45. The Hall–Kier alpha value is -1.48. The Morgan fingerprint density at radius 1 is 1.50 bits per heavy atom. The highest BCUT2D eigenvalue weighted by Gasteiger charge is 2.18. The van der Waals surface area contributed by atoms with Gasteiger partial charge in [-0.2, -0.15) is 0 Å². The van der Waals surface area contributed by atoms with Gasteiger partial charge in [0.2, 0.25) is 0 Å². The minimum Gasteiger partial charge on any atom is -0.478 e. The van der Waals surface area contributed by atoms with Gasteiger partial charge in [0, 0.05) is 12.2 Å². The zero-order valence-electron chi connectivity index (χ0n) is 11.8. The van der Waals surface area contributed by atoms with Crippen molar-refractivity contribution >= 4 is 23.3 Å². The van der Waals surface area contributed by atoms with Gasteiger partial charge in [0.1, 0.15) is 0 Å². The van der Waals surface area contributed by atoms with Gasteiger partial charge in [-0.1, -0.05) is 30.2 Å². The predicted octanol–water partition coefficient (Wildman–Crippen LogP) is 4.44. The standard InChI is InChI=1S/C16H20ClNO2/c1-10-5-11(2)7-12(6-10)9-18-13-3-4-15(17)14(8-13)16(19)20/h3-5,8,10,12,18H,6-7,9H2,1-2H3,(H,19,20). The molecule has 3 nitrogen and oxygen atoms in total. The molecule has 0 aromatic heterocycles. The molecule has 20 heavy (non-hydrogen) atoms. The second-order valence-corrected chi connectivity index (χ2v) is 6.08. The minimum absolute atomic E-state index is 0.143. The van der Waals surface area contributed by atoms with Crippen molar-refractivity contribution in [1.82, 2.24) is 0 Å². The fourth-order valence-corrected chi connectivity index (χ4v) is 3.10. The van der Waals surface area contributed by atoms with Crippen LogP contribution in [0.25, 0.3) is 0 Å². The third-order valence-electron chi connectivity index (χ3n) is 3.68. The fraction of sp³-hybridized carbons (Fsp3) is 0.438. The van der Waals surface area contributed by atoms with E-state index in [1.807, 2.05) is 6.07 Å². The maximum Gasteiger partial charge on any atom is 0.337 e. The zero-order valence-corrected chi connectivity index (χ0v) is 12.6. The predicted molar refractivity (Wildman–Crippen MR) is 82.5 cm³/mol. The van der Waals surface area contributed by atoms with Crippen LogP contribution in [0.15, 0.2) is 29.8 Å². The van der Waals surface area contributed by atoms with Gasteiger partial charge in [-0.05, 0) is 49.8 Å². The Kier molecular flexibility index (Phi) is 4.71. The molecule has 0 saturated carbocycles. The third-order valence-corrected chi connectivity index (χ3v) is 4.01. The van der Waals surface area contributed by atoms with Gasteiger partial charge in [-0.15, -0.1) is 0 Å². The van der Waals surface area contributed by atoms with E-state index in [1.165, 1.54) is 12.0 Å². The molecule has 0 amide bonds. The lowest BCUT2D eigenvalue weighted by molar-refractivity contribution is 0.0697. The van der Waals surface area contributed by atoms with Gasteiger partial charge >= 0.3 is 5.97 Å². The number of aromatic carboxylic acids is 1. The number of hydrogen-bond acceptors (Lipinski definition) is 2. The smallest absolute Gasteiger partial charge is 0.337 e. The van der Waals surface area contributed by atoms with E-state index in [0.717, 1.165) is 18.7 Å². The number of nitrogens with one attached hydrogen (secondary N) is 1. The molecule has 0 bridgehead atoms. The summed E-state index contributed by atoms with van der Waals surface area (Å²) >= 11 is 5.86. The number of hydrogen-bond donors (Lipinski definition) is 2. The first-order valence-corrected chi connectivity index (χ1v) is 7.27. The summed E-state index contributed by atoms with van der Waals surface area (Å²) < 4.78 is 0. The van der Waals surface area contributed by atoms with Crippen LogP contribution in [0.4, 0.5) is 5.69 Å². The minimum atomic E-state index is -0.997. The Morgan fingerprint density at radius 2 is 2.25 bits per heavy atom. The number of halogens is 1. The fourth-order valence-electron chi connectivity index (χ4n) is 2.90. The van der Waals surface area contributed by atoms with Crippen molar-refractivity contribution in [1.29, 1.82) is 0 Å². The van der Waals surface area contributed by atoms with Crippen LogP contribution in [0, 0.1) is 11.8 Å². The number of carboxylic acid groups (broad SMARTS) is 1. The number of carboxylic acids is 1. The Labute approximate surface area is 124 Å². The second-order valence-electron chi connectivity index (χ2n) is 5.68. The summed E-state index contributed by atoms with van der Waals surface area (Å²) in [5.41, 5.74) is 2.40. The number of carbonyl (C=O) groups is 1. The van der Waals surface area contributed by atoms with Crippen LogP contribution in [0.5, 0.6) is 0 Å². The molecule has 0 radical (unpaired) electrons. The Morgan fingerprint density at radius 3 is 2.90 bits per heavy atom. The van der Waals surface area contributed by atoms with Crippen molar-refractivity contribution in [3.05, 3.63) is 40.4 Å². The van der Waals surface area contributed by atoms with E-state index in [9.17, 15) is 4.79 Å². The van der Waals surface area contributed by atoms with Crippen LogP contribution in [-0.4, -0.2) is 17.6 Å². The third kappa shape index (κ3) is 3.76. The summed E-state index contributed by atoms with van der Waals surface area (Å²) in [4.78, 5) is 11.0. The number of benzene rings is 1. The Bertz CT molecular complexity index is 539. The topological polar surface area (TPSA) is 49.3 Å². The lowest BCUT2D eigenvalue weighted by Crippen LogP contribution is -2.20. The molecule has 108 valence electrons. The molecule has 0 saturated heterocycles. The molecule has 0 fully saturated rings. The molecule has 1 aliphatic carbocycles. The molecule has 4 heteroatoms. The molecule has 2 unspecified atom stereocenters. The SMILES string of the molecule is CC1=CC(C)CC(CNc2ccc(Cl)c(C(=O)O)c2)C1. The lowest BCUT2D eigenvalue weighted by Gasteiger charge is -2.26. The van der Waals surface area contributed by atoms with Crippen molar-refractivity contribution < 1.29 is 9.90 Å². The van der Waals surface area contributed by atoms with Crippen LogP contribution >= 0.6 is 11.6 Å². The van der Waals surface area contributed by atoms with E-state index in [2.05, 4.69) is 25.2 Å². The van der Waals surface area contributed by atoms with E-state index >= 15 is 0 Å². The molecule has 2 N–H and O–H groups in total. The van der Waals surface area contributed by atoms with Crippen LogP contribution in [-0.2, 0) is 0 Å². The maximum atomic E-state index is 11.0. The molecule has 0 aliphatic heterocycles. The lowest BCUT2D eigenvalue weighted by atomic mass is 9.84. The Balaban J connectivity index is 1.99. The molecule has 0 spiro atoms. The number of rotatable bonds is 4. The average molecular weight is 294 g/mol. The maximum absolute atomic E-state index is 11.0. The highest BCUT2D eigenvalue weighted by molar-refractivity contribution is 6.33. The molecule has 0 heterocycles. The molecular weight excluding hydrogens is 274 g/mol. The van der Waals surface area contributed by atoms with Gasteiger partial charge in [0.25, 0.3) is 0 Å². The first kappa shape index (κ1) is 14.9. The normalized spacial score (nSPS) is 22.2. The average Bonchev–Trinajstić information content (AvgIpc) is 2.36. The van der Waals surface area contributed by atoms with E-state index in [0.29, 0.717) is 11.8 Å². The summed E-state index contributed by atoms with van der Waals surface area (Å²) in [5, 5.41) is 12.7. The highest BCUT2D eigenvalue weighted by atomic mass is 35.5. The number of anilines is 1. The summed E-state index contributed by atoms with van der Waals surface area (Å²) in [6, 6.07) is 5.05. The monoisotopic (exact) mass is 293 g/mol. The molecule has 2 atom stereocenters. The summed E-state index contributed by atoms with van der Waals surface area (Å²) in [6.45, 7) is 5.27. The largest absolute Gasteiger partial charge is 0.478 e. The second kappa shape index (κ2) is 6.31. The molecular formula is C16H20ClNO2. The van der Waals surface area contributed by atoms with Gasteiger partial charge in [0.15, 0.2) is 0 Å². The van der Waals surface area contributed by atoms with Gasteiger partial charge < -0.3 is 10.4 Å². The summed E-state index contributed by atoms with van der Waals surface area (Å²) in [5.74, 6) is 0.220. The highest BCUT2D eigenvalue weighted by Crippen LogP contribution is 2.28. The van der Waals surface area contributed by atoms with Gasteiger partial charge in [-0.25, -0.2) is 4.79 Å². The van der Waals surface area contributed by atoms with Gasteiger partial charge in [0.05, 0.1) is 10.6 Å². The summed E-state index contributed by atoms with van der Waals surface area (Å²) in [6.07, 6.45) is 4.61. The van der Waals surface area contributed by atoms with Crippen molar-refractivity contribution in [2.24, 2.45) is 11.8 Å². The number of allylic oxidation sites excluding steroid dienone is 2. The molecule has 1 aromatic rings. The van der Waals surface area contributed by atoms with E-state index < -0.39 is 5.97 Å².